The summed E-state index contributed by atoms with van der Waals surface area (Å²) in [5, 5.41) is 14.7. The van der Waals surface area contributed by atoms with Gasteiger partial charge in [0.1, 0.15) is 17.4 Å². The predicted molar refractivity (Wildman–Crippen MR) is 82.8 cm³/mol. The number of amides is 1. The number of carbonyl (C=O) groups is 1. The minimum absolute atomic E-state index is 0.0455. The maximum absolute atomic E-state index is 12.0. The topological polar surface area (TPSA) is 74.1 Å². The van der Waals surface area contributed by atoms with E-state index < -0.39 is 5.91 Å². The second kappa shape index (κ2) is 8.64. The highest BCUT2D eigenvalue weighted by molar-refractivity contribution is 6.06. The molecule has 0 bridgehead atoms. The minimum Gasteiger partial charge on any atom is -0.494 e. The summed E-state index contributed by atoms with van der Waals surface area (Å²) in [4.78, 5) is 12.0. The fourth-order valence-corrected chi connectivity index (χ4v) is 1.49. The number of rotatable bonds is 7. The van der Waals surface area contributed by atoms with Crippen LogP contribution in [0.25, 0.3) is 0 Å². The third-order valence-corrected chi connectivity index (χ3v) is 2.91. The lowest BCUT2D eigenvalue weighted by atomic mass is 10.2. The van der Waals surface area contributed by atoms with Crippen molar-refractivity contribution in [2.45, 2.75) is 33.2 Å². The van der Waals surface area contributed by atoms with Crippen molar-refractivity contribution in [3.63, 3.8) is 0 Å². The van der Waals surface area contributed by atoms with Crippen molar-refractivity contribution < 1.29 is 9.53 Å². The first-order valence-electron chi connectivity index (χ1n) is 7.01. The van der Waals surface area contributed by atoms with Gasteiger partial charge in [0.15, 0.2) is 0 Å². The summed E-state index contributed by atoms with van der Waals surface area (Å²) in [6.07, 6.45) is 2.37. The lowest BCUT2D eigenvalue weighted by Gasteiger charge is -2.09. The summed E-state index contributed by atoms with van der Waals surface area (Å²) in [5.41, 5.74) is 0.664. The van der Waals surface area contributed by atoms with Crippen molar-refractivity contribution in [3.8, 4) is 11.8 Å². The quantitative estimate of drug-likeness (QED) is 0.597. The molecule has 5 heteroatoms. The Balaban J connectivity index is 2.67. The van der Waals surface area contributed by atoms with Crippen LogP contribution >= 0.6 is 0 Å². The predicted octanol–water partition coefficient (Wildman–Crippen LogP) is 2.82. The monoisotopic (exact) mass is 287 g/mol. The molecular weight excluding hydrogens is 266 g/mol. The summed E-state index contributed by atoms with van der Waals surface area (Å²) in [7, 11) is 0. The Morgan fingerprint density at radius 2 is 2.05 bits per heavy atom. The molecular formula is C16H21N3O2. The average molecular weight is 287 g/mol. The molecule has 112 valence electrons. The van der Waals surface area contributed by atoms with Crippen LogP contribution in [0.5, 0.6) is 5.75 Å². The normalized spacial score (nSPS) is 12.2. The summed E-state index contributed by atoms with van der Waals surface area (Å²) in [5.74, 6) is 0.308. The average Bonchev–Trinajstić information content (AvgIpc) is 2.49. The molecule has 0 radical (unpaired) electrons. The van der Waals surface area contributed by atoms with Crippen molar-refractivity contribution >= 4 is 11.6 Å². The van der Waals surface area contributed by atoms with Crippen LogP contribution in [0.1, 0.15) is 27.2 Å². The summed E-state index contributed by atoms with van der Waals surface area (Å²) >= 11 is 0. The van der Waals surface area contributed by atoms with Crippen LogP contribution in [0.2, 0.25) is 0 Å². The van der Waals surface area contributed by atoms with Crippen LogP contribution in [0, 0.1) is 11.3 Å². The number of anilines is 1. The van der Waals surface area contributed by atoms with Gasteiger partial charge in [-0.25, -0.2) is 0 Å². The SMILES string of the molecule is CCOc1ccc(NC(=O)/C(C#N)=C\NC(C)CC)cc1. The van der Waals surface area contributed by atoms with E-state index in [4.69, 9.17) is 10.00 Å². The molecule has 0 aliphatic carbocycles. The molecule has 1 aromatic carbocycles. The second-order valence-corrected chi connectivity index (χ2v) is 4.56. The highest BCUT2D eigenvalue weighted by atomic mass is 16.5. The van der Waals surface area contributed by atoms with Gasteiger partial charge in [0, 0.05) is 17.9 Å². The molecule has 1 rings (SSSR count). The molecule has 1 aromatic rings. The Bertz CT molecular complexity index is 529. The molecule has 0 aromatic heterocycles. The van der Waals surface area contributed by atoms with E-state index in [-0.39, 0.29) is 11.6 Å². The molecule has 5 nitrogen and oxygen atoms in total. The molecule has 0 fully saturated rings. The van der Waals surface area contributed by atoms with Crippen molar-refractivity contribution in [2.24, 2.45) is 0 Å². The second-order valence-electron chi connectivity index (χ2n) is 4.56. The first-order valence-corrected chi connectivity index (χ1v) is 7.01. The fourth-order valence-electron chi connectivity index (χ4n) is 1.49. The van der Waals surface area contributed by atoms with Gasteiger partial charge >= 0.3 is 0 Å². The molecule has 21 heavy (non-hydrogen) atoms. The van der Waals surface area contributed by atoms with Gasteiger partial charge in [0.05, 0.1) is 6.61 Å². The lowest BCUT2D eigenvalue weighted by molar-refractivity contribution is -0.112. The minimum atomic E-state index is -0.433. The zero-order chi connectivity index (χ0) is 15.7. The fraction of sp³-hybridized carbons (Fsp3) is 0.375. The largest absolute Gasteiger partial charge is 0.494 e. The number of nitrogens with zero attached hydrogens (tertiary/aromatic N) is 1. The van der Waals surface area contributed by atoms with Gasteiger partial charge < -0.3 is 15.4 Å². The Kier molecular flexibility index (Phi) is 6.82. The van der Waals surface area contributed by atoms with Crippen molar-refractivity contribution in [1.29, 1.82) is 5.26 Å². The van der Waals surface area contributed by atoms with Gasteiger partial charge in [-0.1, -0.05) is 6.92 Å². The van der Waals surface area contributed by atoms with E-state index in [1.165, 1.54) is 6.20 Å². The summed E-state index contributed by atoms with van der Waals surface area (Å²) in [6, 6.07) is 9.12. The maximum Gasteiger partial charge on any atom is 0.267 e. The van der Waals surface area contributed by atoms with Crippen LogP contribution in [0.4, 0.5) is 5.69 Å². The van der Waals surface area contributed by atoms with Crippen molar-refractivity contribution in [3.05, 3.63) is 36.0 Å². The summed E-state index contributed by atoms with van der Waals surface area (Å²) < 4.78 is 5.33. The van der Waals surface area contributed by atoms with Crippen LogP contribution in [0.3, 0.4) is 0 Å². The molecule has 0 saturated carbocycles. The first-order chi connectivity index (χ1) is 10.1. The van der Waals surface area contributed by atoms with E-state index in [1.807, 2.05) is 26.8 Å². The van der Waals surface area contributed by atoms with E-state index in [1.54, 1.807) is 24.3 Å². The molecule has 1 unspecified atom stereocenters. The van der Waals surface area contributed by atoms with Gasteiger partial charge in [-0.2, -0.15) is 5.26 Å². The number of ether oxygens (including phenoxy) is 1. The first kappa shape index (κ1) is 16.6. The molecule has 1 atom stereocenters. The number of nitriles is 1. The number of hydrogen-bond acceptors (Lipinski definition) is 4. The highest BCUT2D eigenvalue weighted by Crippen LogP contribution is 2.16. The number of benzene rings is 1. The van der Waals surface area contributed by atoms with E-state index in [9.17, 15) is 4.79 Å². The molecule has 0 aliphatic rings. The van der Waals surface area contributed by atoms with Crippen LogP contribution < -0.4 is 15.4 Å². The molecule has 0 spiro atoms. The molecule has 0 saturated heterocycles. The van der Waals surface area contributed by atoms with Crippen molar-refractivity contribution in [2.75, 3.05) is 11.9 Å². The zero-order valence-electron chi connectivity index (χ0n) is 12.6. The Hall–Kier alpha value is -2.48. The van der Waals surface area contributed by atoms with Crippen LogP contribution in [-0.2, 0) is 4.79 Å². The maximum atomic E-state index is 12.0. The van der Waals surface area contributed by atoms with Gasteiger partial charge in [-0.15, -0.1) is 0 Å². The van der Waals surface area contributed by atoms with E-state index >= 15 is 0 Å². The van der Waals surface area contributed by atoms with E-state index in [2.05, 4.69) is 10.6 Å². The van der Waals surface area contributed by atoms with Gasteiger partial charge in [-0.3, -0.25) is 4.79 Å². The van der Waals surface area contributed by atoms with Crippen LogP contribution in [-0.4, -0.2) is 18.6 Å². The number of hydrogen-bond donors (Lipinski definition) is 2. The lowest BCUT2D eigenvalue weighted by Crippen LogP contribution is -2.22. The smallest absolute Gasteiger partial charge is 0.267 e. The van der Waals surface area contributed by atoms with Gasteiger partial charge in [0.25, 0.3) is 5.91 Å². The zero-order valence-corrected chi connectivity index (χ0v) is 12.6. The van der Waals surface area contributed by atoms with Crippen LogP contribution in [0.15, 0.2) is 36.0 Å². The third-order valence-electron chi connectivity index (χ3n) is 2.91. The van der Waals surface area contributed by atoms with E-state index in [0.29, 0.717) is 12.3 Å². The third kappa shape index (κ3) is 5.57. The van der Waals surface area contributed by atoms with E-state index in [0.717, 1.165) is 12.2 Å². The standard InChI is InChI=1S/C16H21N3O2/c1-4-12(3)18-11-13(10-17)16(20)19-14-6-8-15(9-7-14)21-5-2/h6-9,11-12,18H,4-5H2,1-3H3,(H,19,20)/b13-11-. The molecule has 0 aliphatic heterocycles. The molecule has 0 heterocycles. The Labute approximate surface area is 125 Å². The van der Waals surface area contributed by atoms with Crippen molar-refractivity contribution in [1.82, 2.24) is 5.32 Å². The summed E-state index contributed by atoms with van der Waals surface area (Å²) in [6.45, 7) is 6.51. The highest BCUT2D eigenvalue weighted by Gasteiger charge is 2.09. The van der Waals surface area contributed by atoms with Gasteiger partial charge in [0.2, 0.25) is 0 Å². The van der Waals surface area contributed by atoms with Gasteiger partial charge in [-0.05, 0) is 44.5 Å². The number of carbonyl (C=O) groups excluding carboxylic acids is 1. The Morgan fingerprint density at radius 1 is 1.38 bits per heavy atom. The molecule has 2 N–H and O–H groups in total. The Morgan fingerprint density at radius 3 is 2.57 bits per heavy atom. The molecule has 1 amide bonds. The number of nitrogens with one attached hydrogen (secondary N) is 2.